The number of benzene rings is 1. The lowest BCUT2D eigenvalue weighted by atomic mass is 9.96. The van der Waals surface area contributed by atoms with E-state index in [0.29, 0.717) is 31.1 Å². The van der Waals surface area contributed by atoms with E-state index in [1.165, 1.54) is 18.2 Å². The van der Waals surface area contributed by atoms with Crippen molar-refractivity contribution in [3.63, 3.8) is 0 Å². The minimum atomic E-state index is -0.416. The van der Waals surface area contributed by atoms with Crippen LogP contribution in [0.1, 0.15) is 44.0 Å². The second kappa shape index (κ2) is 7.64. The molecule has 1 aromatic rings. The van der Waals surface area contributed by atoms with Crippen LogP contribution in [0, 0.1) is 11.7 Å². The Labute approximate surface area is 142 Å². The molecule has 1 fully saturated rings. The fourth-order valence-electron chi connectivity index (χ4n) is 2.71. The third kappa shape index (κ3) is 5.51. The number of urea groups is 1. The normalized spacial score (nSPS) is 15.9. The minimum absolute atomic E-state index is 0.0373. The van der Waals surface area contributed by atoms with Crippen molar-refractivity contribution in [3.05, 3.63) is 35.6 Å². The van der Waals surface area contributed by atoms with E-state index >= 15 is 0 Å². The number of nitrogens with zero attached hydrogens (tertiary/aromatic N) is 1. The minimum Gasteiger partial charge on any atom is -0.352 e. The molecule has 0 spiro atoms. The monoisotopic (exact) mass is 335 g/mol. The van der Waals surface area contributed by atoms with Gasteiger partial charge in [0, 0.05) is 30.7 Å². The average molecular weight is 335 g/mol. The zero-order chi connectivity index (χ0) is 17.7. The number of rotatable bonds is 3. The Morgan fingerprint density at radius 3 is 2.50 bits per heavy atom. The van der Waals surface area contributed by atoms with Gasteiger partial charge in [-0.2, -0.15) is 0 Å². The Balaban J connectivity index is 1.75. The van der Waals surface area contributed by atoms with Crippen LogP contribution in [0.4, 0.5) is 9.18 Å². The van der Waals surface area contributed by atoms with Crippen molar-refractivity contribution >= 4 is 11.9 Å². The van der Waals surface area contributed by atoms with Crippen molar-refractivity contribution < 1.29 is 14.0 Å². The van der Waals surface area contributed by atoms with E-state index in [1.807, 2.05) is 25.7 Å². The largest absolute Gasteiger partial charge is 0.352 e. The van der Waals surface area contributed by atoms with Gasteiger partial charge in [0.25, 0.3) is 5.91 Å². The van der Waals surface area contributed by atoms with Gasteiger partial charge in [-0.1, -0.05) is 6.07 Å². The van der Waals surface area contributed by atoms with Gasteiger partial charge in [-0.3, -0.25) is 4.79 Å². The number of hydrogen-bond acceptors (Lipinski definition) is 2. The van der Waals surface area contributed by atoms with Crippen LogP contribution in [0.15, 0.2) is 24.3 Å². The lowest BCUT2D eigenvalue weighted by Gasteiger charge is -2.34. The third-order valence-corrected chi connectivity index (χ3v) is 4.02. The predicted octanol–water partition coefficient (Wildman–Crippen LogP) is 2.78. The van der Waals surface area contributed by atoms with Gasteiger partial charge in [0.15, 0.2) is 0 Å². The van der Waals surface area contributed by atoms with Crippen LogP contribution < -0.4 is 10.6 Å². The van der Waals surface area contributed by atoms with E-state index < -0.39 is 5.82 Å². The first-order valence-electron chi connectivity index (χ1n) is 8.35. The summed E-state index contributed by atoms with van der Waals surface area (Å²) in [7, 11) is 0. The molecule has 1 saturated heterocycles. The van der Waals surface area contributed by atoms with Gasteiger partial charge < -0.3 is 15.5 Å². The van der Waals surface area contributed by atoms with Gasteiger partial charge in [-0.15, -0.1) is 0 Å². The number of halogens is 1. The van der Waals surface area contributed by atoms with Gasteiger partial charge in [0.1, 0.15) is 5.82 Å². The highest BCUT2D eigenvalue weighted by atomic mass is 19.1. The highest BCUT2D eigenvalue weighted by Gasteiger charge is 2.25. The van der Waals surface area contributed by atoms with Gasteiger partial charge in [0.05, 0.1) is 0 Å². The summed E-state index contributed by atoms with van der Waals surface area (Å²) in [6.45, 7) is 7.79. The molecule has 132 valence electrons. The van der Waals surface area contributed by atoms with E-state index in [2.05, 4.69) is 10.6 Å². The Morgan fingerprint density at radius 2 is 1.92 bits per heavy atom. The van der Waals surface area contributed by atoms with Crippen LogP contribution >= 0.6 is 0 Å². The van der Waals surface area contributed by atoms with Crippen LogP contribution in [0.2, 0.25) is 0 Å². The summed E-state index contributed by atoms with van der Waals surface area (Å²) < 4.78 is 13.1. The molecule has 1 aliphatic heterocycles. The topological polar surface area (TPSA) is 61.4 Å². The van der Waals surface area contributed by atoms with Gasteiger partial charge in [0.2, 0.25) is 0 Å². The first kappa shape index (κ1) is 18.2. The molecular weight excluding hydrogens is 309 g/mol. The molecule has 6 heteroatoms. The summed E-state index contributed by atoms with van der Waals surface area (Å²) >= 11 is 0. The summed E-state index contributed by atoms with van der Waals surface area (Å²) in [4.78, 5) is 25.9. The third-order valence-electron chi connectivity index (χ3n) is 4.02. The molecule has 0 aromatic heterocycles. The SMILES string of the molecule is CC(C)(C)NC(=O)N1CCC(CNC(=O)c2cccc(F)c2)CC1. The van der Waals surface area contributed by atoms with Gasteiger partial charge >= 0.3 is 6.03 Å². The molecule has 0 bridgehead atoms. The maximum absolute atomic E-state index is 13.1. The lowest BCUT2D eigenvalue weighted by molar-refractivity contribution is 0.0936. The van der Waals surface area contributed by atoms with Gasteiger partial charge in [-0.25, -0.2) is 9.18 Å². The molecule has 1 heterocycles. The Bertz CT molecular complexity index is 590. The molecule has 2 N–H and O–H groups in total. The van der Waals surface area contributed by atoms with Crippen molar-refractivity contribution in [1.82, 2.24) is 15.5 Å². The summed E-state index contributed by atoms with van der Waals surface area (Å²) in [6, 6.07) is 5.63. The molecule has 0 unspecified atom stereocenters. The first-order valence-corrected chi connectivity index (χ1v) is 8.35. The van der Waals surface area contributed by atoms with Crippen LogP contribution in [-0.4, -0.2) is 42.0 Å². The number of piperidine rings is 1. The maximum Gasteiger partial charge on any atom is 0.317 e. The van der Waals surface area contributed by atoms with Crippen molar-refractivity contribution in [2.75, 3.05) is 19.6 Å². The number of amides is 3. The van der Waals surface area contributed by atoms with Crippen LogP contribution in [0.3, 0.4) is 0 Å². The highest BCUT2D eigenvalue weighted by Crippen LogP contribution is 2.17. The Morgan fingerprint density at radius 1 is 1.25 bits per heavy atom. The average Bonchev–Trinajstić information content (AvgIpc) is 2.51. The quantitative estimate of drug-likeness (QED) is 0.892. The molecule has 1 aliphatic rings. The van der Waals surface area contributed by atoms with Crippen LogP contribution in [0.5, 0.6) is 0 Å². The molecule has 2 rings (SSSR count). The van der Waals surface area contributed by atoms with Crippen LogP contribution in [0.25, 0.3) is 0 Å². The molecular formula is C18H26FN3O2. The molecule has 0 saturated carbocycles. The van der Waals surface area contributed by atoms with Gasteiger partial charge in [-0.05, 0) is 57.7 Å². The van der Waals surface area contributed by atoms with Crippen molar-refractivity contribution in [3.8, 4) is 0 Å². The zero-order valence-corrected chi connectivity index (χ0v) is 14.6. The van der Waals surface area contributed by atoms with Crippen molar-refractivity contribution in [2.45, 2.75) is 39.2 Å². The molecule has 5 nitrogen and oxygen atoms in total. The summed E-state index contributed by atoms with van der Waals surface area (Å²) in [5.41, 5.74) is 0.0874. The Kier molecular flexibility index (Phi) is 5.80. The van der Waals surface area contributed by atoms with E-state index in [9.17, 15) is 14.0 Å². The summed E-state index contributed by atoms with van der Waals surface area (Å²) in [5, 5.41) is 5.82. The molecule has 0 radical (unpaired) electrons. The number of likely N-dealkylation sites (tertiary alicyclic amines) is 1. The number of hydrogen-bond donors (Lipinski definition) is 2. The maximum atomic E-state index is 13.1. The fraction of sp³-hybridized carbons (Fsp3) is 0.556. The van der Waals surface area contributed by atoms with Crippen LogP contribution in [-0.2, 0) is 0 Å². The molecule has 0 aliphatic carbocycles. The second-order valence-electron chi connectivity index (χ2n) is 7.33. The Hall–Kier alpha value is -2.11. The number of carbonyl (C=O) groups is 2. The lowest BCUT2D eigenvalue weighted by Crippen LogP contribution is -2.51. The molecule has 1 aromatic carbocycles. The van der Waals surface area contributed by atoms with Crippen molar-refractivity contribution in [2.24, 2.45) is 5.92 Å². The smallest absolute Gasteiger partial charge is 0.317 e. The van der Waals surface area contributed by atoms with E-state index in [4.69, 9.17) is 0 Å². The molecule has 0 atom stereocenters. The summed E-state index contributed by atoms with van der Waals surface area (Å²) in [5.74, 6) is -0.343. The molecule has 3 amide bonds. The predicted molar refractivity (Wildman–Crippen MR) is 91.3 cm³/mol. The molecule has 24 heavy (non-hydrogen) atoms. The zero-order valence-electron chi connectivity index (χ0n) is 14.6. The number of carbonyl (C=O) groups excluding carboxylic acids is 2. The fourth-order valence-corrected chi connectivity index (χ4v) is 2.71. The number of nitrogens with one attached hydrogen (secondary N) is 2. The van der Waals surface area contributed by atoms with E-state index in [-0.39, 0.29) is 17.5 Å². The standard InChI is InChI=1S/C18H26FN3O2/c1-18(2,3)21-17(24)22-9-7-13(8-10-22)12-20-16(23)14-5-4-6-15(19)11-14/h4-6,11,13H,7-10,12H2,1-3H3,(H,20,23)(H,21,24). The second-order valence-corrected chi connectivity index (χ2v) is 7.33. The highest BCUT2D eigenvalue weighted by molar-refractivity contribution is 5.94. The van der Waals surface area contributed by atoms with E-state index in [0.717, 1.165) is 12.8 Å². The summed E-state index contributed by atoms with van der Waals surface area (Å²) in [6.07, 6.45) is 1.70. The van der Waals surface area contributed by atoms with Crippen molar-refractivity contribution in [1.29, 1.82) is 0 Å². The first-order chi connectivity index (χ1) is 11.2. The van der Waals surface area contributed by atoms with E-state index in [1.54, 1.807) is 6.07 Å².